The molecule has 0 atom stereocenters. The van der Waals surface area contributed by atoms with Crippen LogP contribution in [0.4, 0.5) is 0 Å². The maximum absolute atomic E-state index is 6.25. The Kier molecular flexibility index (Phi) is 535. The zero-order valence-corrected chi connectivity index (χ0v) is 4.81. The molecular weight excluding hydrogens is 181 g/mol. The van der Waals surface area contributed by atoms with Gasteiger partial charge in [0.05, 0.1) is 0 Å². The SMILES string of the molecule is [C-]#N.[C-]#N.[C-]#N.[Rh]. The minimum atomic E-state index is 0. The van der Waals surface area contributed by atoms with Crippen molar-refractivity contribution in [2.24, 2.45) is 0 Å². The van der Waals surface area contributed by atoms with Crippen LogP contribution < -0.4 is 0 Å². The molecule has 0 spiro atoms. The van der Waals surface area contributed by atoms with Crippen molar-refractivity contribution in [3.8, 4) is 0 Å². The zero-order chi connectivity index (χ0) is 6.00. The van der Waals surface area contributed by atoms with Crippen molar-refractivity contribution in [1.82, 2.24) is 0 Å². The quantitative estimate of drug-likeness (QED) is 0.398. The molecule has 0 saturated carbocycles. The maximum Gasteiger partial charge on any atom is 0 e. The fourth-order valence-corrected chi connectivity index (χ4v) is 0. The van der Waals surface area contributed by atoms with Crippen LogP contribution in [0.25, 0.3) is 0 Å². The minimum absolute atomic E-state index is 0. The van der Waals surface area contributed by atoms with Crippen molar-refractivity contribution in [3.05, 3.63) is 19.7 Å². The molecule has 4 heteroatoms. The summed E-state index contributed by atoms with van der Waals surface area (Å²) >= 11 is 0. The van der Waals surface area contributed by atoms with Crippen molar-refractivity contribution >= 4 is 0 Å². The van der Waals surface area contributed by atoms with Crippen LogP contribution in [-0.4, -0.2) is 0 Å². The third-order valence-corrected chi connectivity index (χ3v) is 0. The second kappa shape index (κ2) is 104. The smallest absolute Gasteiger partial charge is 0 e. The largest absolute Gasteiger partial charge is 0.512 e. The summed E-state index contributed by atoms with van der Waals surface area (Å²) in [5, 5.41) is 18.8. The monoisotopic (exact) mass is 181 g/mol. The van der Waals surface area contributed by atoms with E-state index in [1.165, 1.54) is 0 Å². The normalized spacial score (nSPS) is 0.857. The van der Waals surface area contributed by atoms with Gasteiger partial charge in [-0.2, -0.15) is 0 Å². The van der Waals surface area contributed by atoms with Crippen LogP contribution in [0, 0.1) is 35.5 Å². The van der Waals surface area contributed by atoms with Gasteiger partial charge >= 0.3 is 0 Å². The summed E-state index contributed by atoms with van der Waals surface area (Å²) in [6, 6.07) is 0. The Labute approximate surface area is 55.5 Å². The number of hydrogen-bond donors (Lipinski definition) is 0. The van der Waals surface area contributed by atoms with Gasteiger partial charge in [0.25, 0.3) is 0 Å². The third-order valence-electron chi connectivity index (χ3n) is 0. The van der Waals surface area contributed by atoms with Gasteiger partial charge in [-0.15, -0.1) is 0 Å². The van der Waals surface area contributed by atoms with Gasteiger partial charge in [-0.25, -0.2) is 0 Å². The first-order chi connectivity index (χ1) is 3.00. The number of rotatable bonds is 0. The second-order valence-electron chi connectivity index (χ2n) is 0. The fraction of sp³-hybridized carbons (Fsp3) is 0. The Hall–Kier alpha value is -0.907. The Bertz CT molecular complexity index is 38.7. The third kappa shape index (κ3) is 59.3. The standard InChI is InChI=1S/3CN.Rh/c3*1-2;/q3*-1;. The van der Waals surface area contributed by atoms with Gasteiger partial charge in [0.15, 0.2) is 0 Å². The first-order valence-corrected chi connectivity index (χ1v) is 0.671. The molecule has 0 fully saturated rings. The van der Waals surface area contributed by atoms with E-state index in [2.05, 4.69) is 0 Å². The molecule has 0 saturated heterocycles. The van der Waals surface area contributed by atoms with Crippen LogP contribution in [0.2, 0.25) is 0 Å². The van der Waals surface area contributed by atoms with Crippen LogP contribution in [0.1, 0.15) is 0 Å². The van der Waals surface area contributed by atoms with E-state index >= 15 is 0 Å². The topological polar surface area (TPSA) is 71.4 Å². The van der Waals surface area contributed by atoms with Crippen LogP contribution in [0.5, 0.6) is 0 Å². The predicted molar refractivity (Wildman–Crippen MR) is 14.9 cm³/mol. The molecule has 1 radical (unpaired) electrons. The second-order valence-corrected chi connectivity index (χ2v) is 0. The van der Waals surface area contributed by atoms with E-state index < -0.39 is 0 Å². The number of hydrogen-bond acceptors (Lipinski definition) is 3. The van der Waals surface area contributed by atoms with E-state index in [1.54, 1.807) is 0 Å². The van der Waals surface area contributed by atoms with Gasteiger partial charge in [-0.3, -0.25) is 0 Å². The van der Waals surface area contributed by atoms with Crippen molar-refractivity contribution in [1.29, 1.82) is 15.8 Å². The molecule has 3 nitrogen and oxygen atoms in total. The van der Waals surface area contributed by atoms with E-state index in [9.17, 15) is 0 Å². The van der Waals surface area contributed by atoms with Gasteiger partial charge in [0.2, 0.25) is 0 Å². The average Bonchev–Trinajstić information content (AvgIpc) is 1.81. The summed E-state index contributed by atoms with van der Waals surface area (Å²) in [6.45, 7) is 14.2. The zero-order valence-electron chi connectivity index (χ0n) is 3.17. The summed E-state index contributed by atoms with van der Waals surface area (Å²) in [5.74, 6) is 0. The van der Waals surface area contributed by atoms with Crippen molar-refractivity contribution in [2.75, 3.05) is 0 Å². The van der Waals surface area contributed by atoms with Crippen molar-refractivity contribution < 1.29 is 19.5 Å². The first-order valence-electron chi connectivity index (χ1n) is 0.671. The molecule has 0 aliphatic carbocycles. The Morgan fingerprint density at radius 3 is 0.571 bits per heavy atom. The Balaban J connectivity index is -0.00000000900. The molecule has 0 aliphatic heterocycles. The molecule has 0 aliphatic rings. The van der Waals surface area contributed by atoms with Gasteiger partial charge in [0, 0.05) is 19.5 Å². The molecule has 39 valence electrons. The fourth-order valence-electron chi connectivity index (χ4n) is 0. The van der Waals surface area contributed by atoms with Gasteiger partial charge in [-0.05, 0) is 0 Å². The average molecular weight is 181 g/mol. The molecule has 0 bridgehead atoms. The molecule has 7 heavy (non-hydrogen) atoms. The van der Waals surface area contributed by atoms with Gasteiger partial charge in [0.1, 0.15) is 0 Å². The van der Waals surface area contributed by atoms with Crippen LogP contribution in [0.15, 0.2) is 0 Å². The molecule has 0 unspecified atom stereocenters. The van der Waals surface area contributed by atoms with Crippen molar-refractivity contribution in [3.63, 3.8) is 0 Å². The number of nitrogens with zero attached hydrogens (tertiary/aromatic N) is 3. The maximum atomic E-state index is 6.25. The van der Waals surface area contributed by atoms with Gasteiger partial charge in [-0.1, -0.05) is 0 Å². The summed E-state index contributed by atoms with van der Waals surface area (Å²) < 4.78 is 0. The summed E-state index contributed by atoms with van der Waals surface area (Å²) in [7, 11) is 0. The summed E-state index contributed by atoms with van der Waals surface area (Å²) in [4.78, 5) is 0. The molecule has 0 N–H and O–H groups in total. The molecule has 0 heterocycles. The van der Waals surface area contributed by atoms with E-state index in [1.807, 2.05) is 0 Å². The molecule has 0 aromatic heterocycles. The van der Waals surface area contributed by atoms with Crippen LogP contribution in [0.3, 0.4) is 0 Å². The van der Waals surface area contributed by atoms with Crippen LogP contribution in [-0.2, 0) is 19.5 Å². The van der Waals surface area contributed by atoms with E-state index in [0.717, 1.165) is 0 Å². The molecule has 0 aromatic carbocycles. The van der Waals surface area contributed by atoms with E-state index in [-0.39, 0.29) is 19.5 Å². The Morgan fingerprint density at radius 1 is 0.571 bits per heavy atom. The Morgan fingerprint density at radius 2 is 0.571 bits per heavy atom. The minimum Gasteiger partial charge on any atom is -0.512 e. The summed E-state index contributed by atoms with van der Waals surface area (Å²) in [6.07, 6.45) is 0. The molecular formula is C3N3Rh-3. The molecule has 0 aromatic rings. The van der Waals surface area contributed by atoms with Crippen LogP contribution >= 0.6 is 0 Å². The van der Waals surface area contributed by atoms with Crippen molar-refractivity contribution in [2.45, 2.75) is 0 Å². The van der Waals surface area contributed by atoms with Gasteiger partial charge < -0.3 is 35.5 Å². The first kappa shape index (κ1) is 36.1. The van der Waals surface area contributed by atoms with E-state index in [4.69, 9.17) is 35.5 Å². The van der Waals surface area contributed by atoms with E-state index in [0.29, 0.717) is 0 Å². The molecule has 0 rings (SSSR count). The summed E-state index contributed by atoms with van der Waals surface area (Å²) in [5.41, 5.74) is 0. The predicted octanol–water partition coefficient (Wildman–Crippen LogP) is 0.287. The molecule has 0 amide bonds.